The van der Waals surface area contributed by atoms with E-state index in [1.54, 1.807) is 6.42 Å². The quantitative estimate of drug-likeness (QED) is 0.405. The van der Waals surface area contributed by atoms with E-state index in [9.17, 15) is 0 Å². The fourth-order valence-electron chi connectivity index (χ4n) is 13.1. The predicted molar refractivity (Wildman–Crippen MR) is 129 cm³/mol. The first-order valence-corrected chi connectivity index (χ1v) is 14.2. The minimum Gasteiger partial charge on any atom is -0.0651 e. The molecule has 5 aliphatic rings. The molecule has 5 aliphatic carbocycles. The molecule has 0 heterocycles. The fourth-order valence-corrected chi connectivity index (χ4v) is 13.1. The molecule has 0 amide bonds. The molecule has 0 heteroatoms. The average molecular weight is 413 g/mol. The van der Waals surface area contributed by atoms with Crippen molar-refractivity contribution in [2.75, 3.05) is 0 Å². The highest BCUT2D eigenvalue weighted by atomic mass is 14.8. The van der Waals surface area contributed by atoms with Crippen molar-refractivity contribution in [3.8, 4) is 0 Å². The molecule has 16 atom stereocenters. The summed E-state index contributed by atoms with van der Waals surface area (Å²) in [5.41, 5.74) is 0.628. The molecule has 0 bridgehead atoms. The normalized spacial score (nSPS) is 64.9. The van der Waals surface area contributed by atoms with E-state index in [4.69, 9.17) is 0 Å². The van der Waals surface area contributed by atoms with Gasteiger partial charge in [-0.05, 0) is 113 Å². The van der Waals surface area contributed by atoms with Crippen molar-refractivity contribution in [1.82, 2.24) is 0 Å². The van der Waals surface area contributed by atoms with Gasteiger partial charge in [0, 0.05) is 0 Å². The van der Waals surface area contributed by atoms with Crippen molar-refractivity contribution in [3.05, 3.63) is 0 Å². The van der Waals surface area contributed by atoms with Crippen LogP contribution in [-0.2, 0) is 0 Å². The van der Waals surface area contributed by atoms with Crippen LogP contribution in [0.15, 0.2) is 0 Å². The molecular formula is C30H52. The Morgan fingerprint density at radius 1 is 0.600 bits per heavy atom. The smallest absolute Gasteiger partial charge is 0.0174 e. The van der Waals surface area contributed by atoms with Gasteiger partial charge in [0.05, 0.1) is 0 Å². The second-order valence-corrected chi connectivity index (χ2v) is 13.9. The molecule has 0 radical (unpaired) electrons. The van der Waals surface area contributed by atoms with Crippen molar-refractivity contribution in [3.63, 3.8) is 0 Å². The van der Waals surface area contributed by atoms with Gasteiger partial charge in [-0.3, -0.25) is 0 Å². The van der Waals surface area contributed by atoms with Gasteiger partial charge in [-0.25, -0.2) is 0 Å². The summed E-state index contributed by atoms with van der Waals surface area (Å²) in [4.78, 5) is 0. The van der Waals surface area contributed by atoms with E-state index >= 15 is 0 Å². The van der Waals surface area contributed by atoms with Crippen LogP contribution >= 0.6 is 0 Å². The number of rotatable bonds is 1. The third kappa shape index (κ3) is 2.46. The second-order valence-electron chi connectivity index (χ2n) is 13.9. The zero-order valence-corrected chi connectivity index (χ0v) is 21.7. The standard InChI is InChI=1S/C30H52/c1-10-23-20(7)28-18(5)14-19(6)29-24-12-11-15(2)25-16(3)13-17(4)26(27(24)25)22(9)30(28,29)21(23)8/h15-29H,10-14H2,1-9H3. The Hall–Kier alpha value is 0. The molecule has 0 aliphatic heterocycles. The highest BCUT2D eigenvalue weighted by Crippen LogP contribution is 2.77. The van der Waals surface area contributed by atoms with Gasteiger partial charge in [0.25, 0.3) is 0 Å². The minimum atomic E-state index is 0.628. The van der Waals surface area contributed by atoms with Crippen LogP contribution in [0.25, 0.3) is 0 Å². The Labute approximate surface area is 188 Å². The molecule has 1 spiro atoms. The summed E-state index contributed by atoms with van der Waals surface area (Å²) in [6, 6.07) is 0. The van der Waals surface area contributed by atoms with Crippen molar-refractivity contribution < 1.29 is 0 Å². The van der Waals surface area contributed by atoms with Crippen LogP contribution in [0.2, 0.25) is 0 Å². The first-order chi connectivity index (χ1) is 14.2. The van der Waals surface area contributed by atoms with Gasteiger partial charge in [0.1, 0.15) is 0 Å². The summed E-state index contributed by atoms with van der Waals surface area (Å²) in [6.45, 7) is 24.0. The Morgan fingerprint density at radius 3 is 1.87 bits per heavy atom. The number of fused-ring (bicyclic) bond motifs is 1. The van der Waals surface area contributed by atoms with Crippen LogP contribution < -0.4 is 0 Å². The van der Waals surface area contributed by atoms with Crippen molar-refractivity contribution in [1.29, 1.82) is 0 Å². The lowest BCUT2D eigenvalue weighted by Gasteiger charge is -2.71. The number of hydrogen-bond donors (Lipinski definition) is 0. The molecule has 5 fully saturated rings. The lowest BCUT2D eigenvalue weighted by atomic mass is 9.33. The zero-order chi connectivity index (χ0) is 21.7. The predicted octanol–water partition coefficient (Wildman–Crippen LogP) is 8.41. The van der Waals surface area contributed by atoms with E-state index in [0.717, 1.165) is 88.8 Å². The van der Waals surface area contributed by atoms with E-state index < -0.39 is 0 Å². The molecule has 0 nitrogen and oxygen atoms in total. The number of hydrogen-bond acceptors (Lipinski definition) is 0. The van der Waals surface area contributed by atoms with Crippen LogP contribution in [-0.4, -0.2) is 0 Å². The topological polar surface area (TPSA) is 0 Å². The van der Waals surface area contributed by atoms with Gasteiger partial charge < -0.3 is 0 Å². The molecule has 0 aromatic rings. The van der Waals surface area contributed by atoms with Crippen LogP contribution in [0.1, 0.15) is 94.4 Å². The molecule has 0 N–H and O–H groups in total. The van der Waals surface area contributed by atoms with Crippen LogP contribution in [0, 0.1) is 94.2 Å². The van der Waals surface area contributed by atoms with Gasteiger partial charge in [0.15, 0.2) is 0 Å². The Balaban J connectivity index is 1.70. The molecule has 0 saturated heterocycles. The van der Waals surface area contributed by atoms with Gasteiger partial charge in [-0.1, -0.05) is 75.2 Å². The maximum absolute atomic E-state index is 2.80. The van der Waals surface area contributed by atoms with Gasteiger partial charge in [-0.2, -0.15) is 0 Å². The molecular weight excluding hydrogens is 360 g/mol. The van der Waals surface area contributed by atoms with Crippen molar-refractivity contribution in [2.24, 2.45) is 94.2 Å². The molecule has 30 heavy (non-hydrogen) atoms. The Bertz CT molecular complexity index is 650. The maximum atomic E-state index is 2.80. The van der Waals surface area contributed by atoms with Crippen LogP contribution in [0.5, 0.6) is 0 Å². The SMILES string of the molecule is CCC1C(C)C2C(C)CC(C)C3C4CCC(C)C5C(C)CC(C)C(C45)C(C)C23C1C. The van der Waals surface area contributed by atoms with E-state index in [-0.39, 0.29) is 0 Å². The molecule has 16 unspecified atom stereocenters. The van der Waals surface area contributed by atoms with E-state index in [2.05, 4.69) is 62.3 Å². The van der Waals surface area contributed by atoms with Crippen molar-refractivity contribution in [2.45, 2.75) is 94.4 Å². The molecule has 5 rings (SSSR count). The summed E-state index contributed by atoms with van der Waals surface area (Å²) in [5, 5.41) is 0. The first-order valence-electron chi connectivity index (χ1n) is 14.2. The monoisotopic (exact) mass is 412 g/mol. The average Bonchev–Trinajstić information content (AvgIpc) is 2.89. The fraction of sp³-hybridized carbons (Fsp3) is 1.00. The highest BCUT2D eigenvalue weighted by Gasteiger charge is 2.72. The summed E-state index contributed by atoms with van der Waals surface area (Å²) >= 11 is 0. The maximum Gasteiger partial charge on any atom is -0.0174 e. The Kier molecular flexibility index (Phi) is 5.27. The van der Waals surface area contributed by atoms with E-state index in [0.29, 0.717) is 5.41 Å². The van der Waals surface area contributed by atoms with Gasteiger partial charge in [-0.15, -0.1) is 0 Å². The molecule has 5 saturated carbocycles. The van der Waals surface area contributed by atoms with Crippen molar-refractivity contribution >= 4 is 0 Å². The third-order valence-electron chi connectivity index (χ3n) is 13.1. The molecule has 0 aromatic carbocycles. The van der Waals surface area contributed by atoms with E-state index in [1.807, 2.05) is 0 Å². The minimum absolute atomic E-state index is 0.628. The summed E-state index contributed by atoms with van der Waals surface area (Å²) in [5.74, 6) is 14.6. The Morgan fingerprint density at radius 2 is 1.20 bits per heavy atom. The first kappa shape index (κ1) is 21.8. The summed E-state index contributed by atoms with van der Waals surface area (Å²) in [6.07, 6.45) is 7.50. The van der Waals surface area contributed by atoms with Crippen LogP contribution in [0.4, 0.5) is 0 Å². The van der Waals surface area contributed by atoms with Gasteiger partial charge >= 0.3 is 0 Å². The van der Waals surface area contributed by atoms with Crippen LogP contribution in [0.3, 0.4) is 0 Å². The lowest BCUT2D eigenvalue weighted by Crippen LogP contribution is -2.66. The van der Waals surface area contributed by atoms with Gasteiger partial charge in [0.2, 0.25) is 0 Å². The zero-order valence-electron chi connectivity index (χ0n) is 21.7. The summed E-state index contributed by atoms with van der Waals surface area (Å²) < 4.78 is 0. The lowest BCUT2D eigenvalue weighted by molar-refractivity contribution is -0.238. The largest absolute Gasteiger partial charge is 0.0651 e. The second kappa shape index (κ2) is 7.25. The third-order valence-corrected chi connectivity index (χ3v) is 13.1. The molecule has 172 valence electrons. The summed E-state index contributed by atoms with van der Waals surface area (Å²) in [7, 11) is 0. The van der Waals surface area contributed by atoms with E-state index in [1.165, 1.54) is 25.7 Å². The molecule has 0 aromatic heterocycles. The highest BCUT2D eigenvalue weighted by molar-refractivity contribution is 5.20.